The molecule has 0 saturated carbocycles. The fourth-order valence-electron chi connectivity index (χ4n) is 5.13. The first-order valence-corrected chi connectivity index (χ1v) is 13.7. The van der Waals surface area contributed by atoms with Gasteiger partial charge in [0.2, 0.25) is 0 Å². The molecule has 1 atom stereocenters. The van der Waals surface area contributed by atoms with Gasteiger partial charge in [-0.1, -0.05) is 42.5 Å². The van der Waals surface area contributed by atoms with Crippen LogP contribution >= 0.6 is 0 Å². The molecule has 3 aromatic carbocycles. The summed E-state index contributed by atoms with van der Waals surface area (Å²) in [7, 11) is 0. The van der Waals surface area contributed by atoms with Crippen LogP contribution in [0.4, 0.5) is 10.5 Å². The number of anilines is 1. The van der Waals surface area contributed by atoms with Gasteiger partial charge in [-0.15, -0.1) is 0 Å². The number of hydrogen-bond donors (Lipinski definition) is 4. The Hall–Kier alpha value is -5.77. The van der Waals surface area contributed by atoms with Crippen LogP contribution in [0.1, 0.15) is 45.6 Å². The molecule has 4 amide bonds. The van der Waals surface area contributed by atoms with E-state index >= 15 is 0 Å². The van der Waals surface area contributed by atoms with Crippen LogP contribution in [0.15, 0.2) is 102 Å². The number of pyridine rings is 1. The van der Waals surface area contributed by atoms with Gasteiger partial charge in [-0.3, -0.25) is 19.6 Å². The molecule has 3 heterocycles. The molecule has 10 nitrogen and oxygen atoms in total. The minimum Gasteiger partial charge on any atom is -0.494 e. The number of imide groups is 1. The molecule has 10 heteroatoms. The number of benzene rings is 3. The standard InChI is InChI=1S/C33H28N6O4/c1-20(22-8-3-2-4-9-22)37-31(41)23-12-13-27-26(16-23)29(32(42)38-27)30(24-10-6-14-34-18-24)35-17-21-7-5-11-25(15-21)39-28(40)19-36-33(39)43/h2-16,18,20,38,42H,17,19H2,1H3,(H,36,43)(H,37,41)/t20-/m1/s1. The molecule has 43 heavy (non-hydrogen) atoms. The van der Waals surface area contributed by atoms with E-state index in [9.17, 15) is 19.5 Å². The maximum Gasteiger partial charge on any atom is 0.329 e. The van der Waals surface area contributed by atoms with Crippen molar-refractivity contribution in [2.75, 3.05) is 11.4 Å². The van der Waals surface area contributed by atoms with Crippen molar-refractivity contribution in [1.82, 2.24) is 20.6 Å². The van der Waals surface area contributed by atoms with E-state index in [1.165, 1.54) is 0 Å². The highest BCUT2D eigenvalue weighted by Crippen LogP contribution is 2.31. The van der Waals surface area contributed by atoms with Crippen molar-refractivity contribution in [2.45, 2.75) is 19.5 Å². The molecule has 4 N–H and O–H groups in total. The number of carbonyl (C=O) groups excluding carboxylic acids is 3. The Morgan fingerprint density at radius 2 is 1.86 bits per heavy atom. The molecule has 0 radical (unpaired) electrons. The second-order valence-electron chi connectivity index (χ2n) is 10.2. The van der Waals surface area contributed by atoms with Gasteiger partial charge in [0, 0.05) is 34.4 Å². The molecule has 0 spiro atoms. The minimum absolute atomic E-state index is 0.0443. The summed E-state index contributed by atoms with van der Waals surface area (Å²) in [6.07, 6.45) is 3.30. The first-order chi connectivity index (χ1) is 20.9. The molecule has 1 aliphatic rings. The van der Waals surface area contributed by atoms with E-state index in [1.54, 1.807) is 54.9 Å². The van der Waals surface area contributed by atoms with Gasteiger partial charge >= 0.3 is 6.03 Å². The number of amides is 4. The highest BCUT2D eigenvalue weighted by molar-refractivity contribution is 6.22. The Morgan fingerprint density at radius 3 is 2.60 bits per heavy atom. The van der Waals surface area contributed by atoms with E-state index in [-0.39, 0.29) is 36.8 Å². The van der Waals surface area contributed by atoms with Crippen molar-refractivity contribution in [3.63, 3.8) is 0 Å². The van der Waals surface area contributed by atoms with Crippen LogP contribution in [0.5, 0.6) is 5.88 Å². The van der Waals surface area contributed by atoms with Gasteiger partial charge < -0.3 is 20.7 Å². The van der Waals surface area contributed by atoms with Crippen molar-refractivity contribution in [1.29, 1.82) is 0 Å². The summed E-state index contributed by atoms with van der Waals surface area (Å²) in [5.41, 5.74) is 4.82. The number of H-pyrrole nitrogens is 1. The Balaban J connectivity index is 1.36. The van der Waals surface area contributed by atoms with E-state index in [4.69, 9.17) is 4.99 Å². The highest BCUT2D eigenvalue weighted by Gasteiger charge is 2.30. The lowest BCUT2D eigenvalue weighted by molar-refractivity contribution is -0.115. The van der Waals surface area contributed by atoms with E-state index in [0.717, 1.165) is 16.0 Å². The third kappa shape index (κ3) is 5.58. The van der Waals surface area contributed by atoms with Gasteiger partial charge in [-0.2, -0.15) is 0 Å². The molecule has 0 unspecified atom stereocenters. The van der Waals surface area contributed by atoms with Gasteiger partial charge in [0.05, 0.1) is 36.1 Å². The number of rotatable bonds is 8. The average Bonchev–Trinajstić information content (AvgIpc) is 3.54. The molecule has 1 saturated heterocycles. The fourth-order valence-corrected chi connectivity index (χ4v) is 5.13. The maximum atomic E-state index is 13.2. The molecule has 2 aromatic heterocycles. The van der Waals surface area contributed by atoms with Crippen LogP contribution in [0.3, 0.4) is 0 Å². The van der Waals surface area contributed by atoms with Crippen molar-refractivity contribution in [2.24, 2.45) is 4.99 Å². The third-order valence-electron chi connectivity index (χ3n) is 7.29. The predicted octanol–water partition coefficient (Wildman–Crippen LogP) is 4.85. The monoisotopic (exact) mass is 572 g/mol. The number of carbonyl (C=O) groups is 3. The second kappa shape index (κ2) is 11.6. The molecule has 0 aliphatic carbocycles. The first-order valence-electron chi connectivity index (χ1n) is 13.7. The van der Waals surface area contributed by atoms with Crippen molar-refractivity contribution >= 4 is 40.1 Å². The summed E-state index contributed by atoms with van der Waals surface area (Å²) >= 11 is 0. The average molecular weight is 573 g/mol. The fraction of sp³-hybridized carbons (Fsp3) is 0.121. The van der Waals surface area contributed by atoms with Crippen molar-refractivity contribution < 1.29 is 19.5 Å². The smallest absolute Gasteiger partial charge is 0.329 e. The van der Waals surface area contributed by atoms with Crippen LogP contribution in [0.25, 0.3) is 10.9 Å². The third-order valence-corrected chi connectivity index (χ3v) is 7.29. The normalized spacial score (nSPS) is 14.2. The van der Waals surface area contributed by atoms with Crippen LogP contribution in [0, 0.1) is 0 Å². The lowest BCUT2D eigenvalue weighted by Crippen LogP contribution is -2.30. The van der Waals surface area contributed by atoms with Gasteiger partial charge in [-0.25, -0.2) is 9.69 Å². The number of nitrogens with one attached hydrogen (secondary N) is 3. The highest BCUT2D eigenvalue weighted by atomic mass is 16.3. The summed E-state index contributed by atoms with van der Waals surface area (Å²) in [4.78, 5) is 50.9. The SMILES string of the molecule is C[C@@H](NC(=O)c1ccc2[nH]c(O)c(C(=NCc3cccc(N4C(=O)CNC4=O)c3)c3cccnc3)c2c1)c1ccccc1. The zero-order valence-corrected chi connectivity index (χ0v) is 23.2. The summed E-state index contributed by atoms with van der Waals surface area (Å²) in [6, 6.07) is 24.9. The summed E-state index contributed by atoms with van der Waals surface area (Å²) in [5.74, 6) is -0.675. The number of aromatic amines is 1. The number of hydrogen-bond acceptors (Lipinski definition) is 6. The van der Waals surface area contributed by atoms with Gasteiger partial charge in [-0.05, 0) is 60.5 Å². The second-order valence-corrected chi connectivity index (χ2v) is 10.2. The number of aliphatic imine (C=N–C) groups is 1. The lowest BCUT2D eigenvalue weighted by atomic mass is 10.0. The van der Waals surface area contributed by atoms with Gasteiger partial charge in [0.1, 0.15) is 0 Å². The number of urea groups is 1. The molecule has 1 fully saturated rings. The summed E-state index contributed by atoms with van der Waals surface area (Å²) in [6.45, 7) is 2.06. The molecule has 6 rings (SSSR count). The molecule has 1 aliphatic heterocycles. The van der Waals surface area contributed by atoms with Crippen LogP contribution in [-0.2, 0) is 11.3 Å². The minimum atomic E-state index is -0.469. The summed E-state index contributed by atoms with van der Waals surface area (Å²) in [5, 5.41) is 17.3. The molecule has 0 bridgehead atoms. The van der Waals surface area contributed by atoms with Gasteiger partial charge in [0.15, 0.2) is 5.88 Å². The zero-order valence-electron chi connectivity index (χ0n) is 23.2. The topological polar surface area (TPSA) is 140 Å². The Morgan fingerprint density at radius 1 is 1.02 bits per heavy atom. The number of aromatic nitrogens is 2. The van der Waals surface area contributed by atoms with E-state index in [0.29, 0.717) is 39.0 Å². The molecular weight excluding hydrogens is 544 g/mol. The lowest BCUT2D eigenvalue weighted by Gasteiger charge is -2.14. The Kier molecular flexibility index (Phi) is 7.40. The van der Waals surface area contributed by atoms with Gasteiger partial charge in [0.25, 0.3) is 11.8 Å². The van der Waals surface area contributed by atoms with E-state index in [1.807, 2.05) is 49.4 Å². The largest absolute Gasteiger partial charge is 0.494 e. The summed E-state index contributed by atoms with van der Waals surface area (Å²) < 4.78 is 0. The molecular formula is C33H28N6O4. The quantitative estimate of drug-likeness (QED) is 0.155. The zero-order chi connectivity index (χ0) is 29.9. The number of nitrogens with zero attached hydrogens (tertiary/aromatic N) is 3. The number of aromatic hydroxyl groups is 1. The Bertz CT molecular complexity index is 1850. The first kappa shape index (κ1) is 27.4. The van der Waals surface area contributed by atoms with Crippen LogP contribution in [-0.4, -0.2) is 45.2 Å². The molecule has 5 aromatic rings. The van der Waals surface area contributed by atoms with E-state index < -0.39 is 6.03 Å². The maximum absolute atomic E-state index is 13.2. The van der Waals surface area contributed by atoms with Crippen molar-refractivity contribution in [3.8, 4) is 5.88 Å². The molecule has 214 valence electrons. The van der Waals surface area contributed by atoms with Crippen LogP contribution < -0.4 is 15.5 Å². The number of fused-ring (bicyclic) bond motifs is 1. The van der Waals surface area contributed by atoms with E-state index in [2.05, 4.69) is 20.6 Å². The Labute approximate surface area is 247 Å². The predicted molar refractivity (Wildman–Crippen MR) is 163 cm³/mol. The van der Waals surface area contributed by atoms with Crippen molar-refractivity contribution in [3.05, 3.63) is 125 Å². The van der Waals surface area contributed by atoms with Crippen LogP contribution in [0.2, 0.25) is 0 Å².